The summed E-state index contributed by atoms with van der Waals surface area (Å²) in [6.07, 6.45) is -2.86. The zero-order valence-corrected chi connectivity index (χ0v) is 11.5. The number of rotatable bonds is 3. The van der Waals surface area contributed by atoms with Crippen LogP contribution in [0.25, 0.3) is 11.1 Å². The van der Waals surface area contributed by atoms with Gasteiger partial charge < -0.3 is 9.64 Å². The Bertz CT molecular complexity index is 663. The highest BCUT2D eigenvalue weighted by atomic mass is 19.4. The van der Waals surface area contributed by atoms with E-state index in [1.165, 1.54) is 12.1 Å². The molecular formula is C16H13F3N2O. The van der Waals surface area contributed by atoms with Crippen LogP contribution in [-0.2, 0) is 0 Å². The van der Waals surface area contributed by atoms with Gasteiger partial charge in [-0.3, -0.25) is 4.99 Å². The molecule has 3 rings (SSSR count). The maximum atomic E-state index is 12.1. The van der Waals surface area contributed by atoms with Crippen molar-refractivity contribution in [2.24, 2.45) is 4.99 Å². The number of anilines is 1. The van der Waals surface area contributed by atoms with Crippen molar-refractivity contribution in [1.82, 2.24) is 0 Å². The van der Waals surface area contributed by atoms with Gasteiger partial charge in [-0.25, -0.2) is 0 Å². The van der Waals surface area contributed by atoms with E-state index >= 15 is 0 Å². The van der Waals surface area contributed by atoms with Crippen molar-refractivity contribution in [3.8, 4) is 16.9 Å². The standard InChI is InChI=1S/C16H13F3N2O/c17-16(18,19)22-15-7-3-13(4-8-15)12-1-5-14(6-2-12)21-10-9-20-11-21/h1-8,11H,9-10H2. The molecule has 2 aromatic rings. The predicted molar refractivity (Wildman–Crippen MR) is 79.3 cm³/mol. The van der Waals surface area contributed by atoms with E-state index in [-0.39, 0.29) is 5.75 Å². The lowest BCUT2D eigenvalue weighted by Crippen LogP contribution is -2.17. The van der Waals surface area contributed by atoms with E-state index in [1.807, 2.05) is 29.2 Å². The fourth-order valence-electron chi connectivity index (χ4n) is 2.27. The second-order valence-electron chi connectivity index (χ2n) is 4.83. The van der Waals surface area contributed by atoms with Crippen molar-refractivity contribution in [1.29, 1.82) is 0 Å². The van der Waals surface area contributed by atoms with Crippen LogP contribution in [0.3, 0.4) is 0 Å². The SMILES string of the molecule is FC(F)(F)Oc1ccc(-c2ccc(N3C=NCC3)cc2)cc1. The Kier molecular flexibility index (Phi) is 3.75. The summed E-state index contributed by atoms with van der Waals surface area (Å²) in [4.78, 5) is 6.20. The predicted octanol–water partition coefficient (Wildman–Crippen LogP) is 4.10. The lowest BCUT2D eigenvalue weighted by Gasteiger charge is -2.14. The molecule has 0 saturated carbocycles. The molecule has 1 aliphatic heterocycles. The maximum absolute atomic E-state index is 12.1. The monoisotopic (exact) mass is 306 g/mol. The molecular weight excluding hydrogens is 293 g/mol. The van der Waals surface area contributed by atoms with Crippen molar-refractivity contribution < 1.29 is 17.9 Å². The zero-order valence-electron chi connectivity index (χ0n) is 11.5. The normalized spacial score (nSPS) is 14.4. The number of halogens is 3. The lowest BCUT2D eigenvalue weighted by atomic mass is 10.1. The minimum atomic E-state index is -4.67. The summed E-state index contributed by atoms with van der Waals surface area (Å²) in [5.74, 6) is -0.221. The largest absolute Gasteiger partial charge is 0.573 e. The number of ether oxygens (including phenoxy) is 1. The van der Waals surface area contributed by atoms with Crippen LogP contribution in [-0.4, -0.2) is 25.8 Å². The Morgan fingerprint density at radius 2 is 1.50 bits per heavy atom. The molecule has 0 N–H and O–H groups in total. The first-order valence-electron chi connectivity index (χ1n) is 6.74. The van der Waals surface area contributed by atoms with E-state index in [0.717, 1.165) is 29.9 Å². The molecule has 114 valence electrons. The quantitative estimate of drug-likeness (QED) is 0.853. The molecule has 0 saturated heterocycles. The molecule has 0 fully saturated rings. The third-order valence-electron chi connectivity index (χ3n) is 3.31. The van der Waals surface area contributed by atoms with Gasteiger partial charge in [0.15, 0.2) is 0 Å². The van der Waals surface area contributed by atoms with Crippen molar-refractivity contribution >= 4 is 12.0 Å². The van der Waals surface area contributed by atoms with E-state index in [9.17, 15) is 13.2 Å². The zero-order chi connectivity index (χ0) is 15.6. The van der Waals surface area contributed by atoms with Gasteiger partial charge in [-0.2, -0.15) is 0 Å². The lowest BCUT2D eigenvalue weighted by molar-refractivity contribution is -0.274. The van der Waals surface area contributed by atoms with Gasteiger partial charge in [0.05, 0.1) is 12.9 Å². The molecule has 6 heteroatoms. The third kappa shape index (κ3) is 3.39. The Balaban J connectivity index is 1.75. The van der Waals surface area contributed by atoms with Gasteiger partial charge in [-0.05, 0) is 35.4 Å². The minimum absolute atomic E-state index is 0.221. The Morgan fingerprint density at radius 1 is 0.909 bits per heavy atom. The Hall–Kier alpha value is -2.50. The number of alkyl halides is 3. The summed E-state index contributed by atoms with van der Waals surface area (Å²) >= 11 is 0. The first-order valence-corrected chi connectivity index (χ1v) is 6.74. The number of nitrogens with zero attached hydrogens (tertiary/aromatic N) is 2. The van der Waals surface area contributed by atoms with Crippen LogP contribution in [0.5, 0.6) is 5.75 Å². The van der Waals surface area contributed by atoms with Crippen LogP contribution < -0.4 is 9.64 Å². The summed E-state index contributed by atoms with van der Waals surface area (Å²) in [5.41, 5.74) is 2.80. The molecule has 0 amide bonds. The van der Waals surface area contributed by atoms with Gasteiger partial charge in [0.1, 0.15) is 5.75 Å². The first kappa shape index (κ1) is 14.4. The number of hydrogen-bond acceptors (Lipinski definition) is 3. The third-order valence-corrected chi connectivity index (χ3v) is 3.31. The van der Waals surface area contributed by atoms with Crippen LogP contribution in [0.4, 0.5) is 18.9 Å². The fraction of sp³-hybridized carbons (Fsp3) is 0.188. The Morgan fingerprint density at radius 3 is 2.00 bits per heavy atom. The highest BCUT2D eigenvalue weighted by Crippen LogP contribution is 2.27. The van der Waals surface area contributed by atoms with Crippen molar-refractivity contribution in [2.75, 3.05) is 18.0 Å². The van der Waals surface area contributed by atoms with E-state index in [0.29, 0.717) is 0 Å². The average molecular weight is 306 g/mol. The molecule has 0 aliphatic carbocycles. The molecule has 0 spiro atoms. The Labute approximate surface area is 125 Å². The smallest absolute Gasteiger partial charge is 0.406 e. The van der Waals surface area contributed by atoms with E-state index in [1.54, 1.807) is 18.5 Å². The second kappa shape index (κ2) is 5.71. The van der Waals surface area contributed by atoms with E-state index < -0.39 is 6.36 Å². The number of benzene rings is 2. The molecule has 3 nitrogen and oxygen atoms in total. The molecule has 0 aromatic heterocycles. The van der Waals surface area contributed by atoms with Crippen molar-refractivity contribution in [2.45, 2.75) is 6.36 Å². The molecule has 1 aliphatic rings. The molecule has 0 bridgehead atoms. The van der Waals surface area contributed by atoms with Gasteiger partial charge in [0.25, 0.3) is 0 Å². The average Bonchev–Trinajstić information content (AvgIpc) is 3.01. The van der Waals surface area contributed by atoms with Crippen LogP contribution in [0, 0.1) is 0 Å². The molecule has 1 heterocycles. The van der Waals surface area contributed by atoms with E-state index in [2.05, 4.69) is 9.73 Å². The summed E-state index contributed by atoms with van der Waals surface area (Å²) in [6.45, 7) is 1.66. The van der Waals surface area contributed by atoms with Gasteiger partial charge in [-0.15, -0.1) is 13.2 Å². The van der Waals surface area contributed by atoms with Gasteiger partial charge in [0, 0.05) is 12.2 Å². The first-order chi connectivity index (χ1) is 10.5. The summed E-state index contributed by atoms with van der Waals surface area (Å²) in [6, 6.07) is 13.6. The second-order valence-corrected chi connectivity index (χ2v) is 4.83. The molecule has 0 unspecified atom stereocenters. The van der Waals surface area contributed by atoms with Crippen LogP contribution in [0.1, 0.15) is 0 Å². The van der Waals surface area contributed by atoms with Crippen LogP contribution >= 0.6 is 0 Å². The summed E-state index contributed by atoms with van der Waals surface area (Å²) < 4.78 is 40.2. The molecule has 2 aromatic carbocycles. The fourth-order valence-corrected chi connectivity index (χ4v) is 2.27. The molecule has 22 heavy (non-hydrogen) atoms. The van der Waals surface area contributed by atoms with Crippen LogP contribution in [0.15, 0.2) is 53.5 Å². The van der Waals surface area contributed by atoms with Gasteiger partial charge in [-0.1, -0.05) is 24.3 Å². The topological polar surface area (TPSA) is 24.8 Å². The summed E-state index contributed by atoms with van der Waals surface area (Å²) in [5, 5.41) is 0. The number of aliphatic imine (C=N–C) groups is 1. The summed E-state index contributed by atoms with van der Waals surface area (Å²) in [7, 11) is 0. The maximum Gasteiger partial charge on any atom is 0.573 e. The highest BCUT2D eigenvalue weighted by molar-refractivity contribution is 5.81. The highest BCUT2D eigenvalue weighted by Gasteiger charge is 2.30. The molecule has 0 radical (unpaired) electrons. The van der Waals surface area contributed by atoms with Crippen molar-refractivity contribution in [3.05, 3.63) is 48.5 Å². The van der Waals surface area contributed by atoms with Crippen LogP contribution in [0.2, 0.25) is 0 Å². The number of hydrogen-bond donors (Lipinski definition) is 0. The molecule has 0 atom stereocenters. The van der Waals surface area contributed by atoms with E-state index in [4.69, 9.17) is 0 Å². The van der Waals surface area contributed by atoms with Crippen molar-refractivity contribution in [3.63, 3.8) is 0 Å². The van der Waals surface area contributed by atoms with Gasteiger partial charge >= 0.3 is 6.36 Å². The van der Waals surface area contributed by atoms with Gasteiger partial charge in [0.2, 0.25) is 0 Å². The minimum Gasteiger partial charge on any atom is -0.406 e.